The lowest BCUT2D eigenvalue weighted by Crippen LogP contribution is -2.06. The molecule has 0 aromatic rings. The van der Waals surface area contributed by atoms with Crippen molar-refractivity contribution in [1.82, 2.24) is 0 Å². The van der Waals surface area contributed by atoms with Crippen LogP contribution in [0, 0.1) is 5.92 Å². The van der Waals surface area contributed by atoms with Crippen LogP contribution in [0.3, 0.4) is 0 Å². The summed E-state index contributed by atoms with van der Waals surface area (Å²) in [6.45, 7) is 5.31. The zero-order valence-corrected chi connectivity index (χ0v) is 7.45. The highest BCUT2D eigenvalue weighted by Gasteiger charge is 2.10. The first-order chi connectivity index (χ1) is 4.45. The summed E-state index contributed by atoms with van der Waals surface area (Å²) < 4.78 is 20.9. The third-order valence-electron chi connectivity index (χ3n) is 1.05. The quantitative estimate of drug-likeness (QED) is 0.491. The average Bonchev–Trinajstić information content (AvgIpc) is 1.59. The smallest absolute Gasteiger partial charge is 0.212 e. The van der Waals surface area contributed by atoms with E-state index >= 15 is 0 Å². The third-order valence-corrected chi connectivity index (χ3v) is 2.40. The van der Waals surface area contributed by atoms with Crippen LogP contribution >= 0.6 is 10.7 Å². The first kappa shape index (κ1) is 9.98. The SMILES string of the molecule is C=CC[C@H](C)CS(=O)(=O)Cl. The molecule has 0 N–H and O–H groups in total. The van der Waals surface area contributed by atoms with Gasteiger partial charge in [-0.1, -0.05) is 13.0 Å². The van der Waals surface area contributed by atoms with Gasteiger partial charge in [0.2, 0.25) is 9.05 Å². The Morgan fingerprint density at radius 3 is 2.50 bits per heavy atom. The van der Waals surface area contributed by atoms with E-state index in [-0.39, 0.29) is 11.7 Å². The fraction of sp³-hybridized carbons (Fsp3) is 0.667. The minimum atomic E-state index is -3.32. The molecule has 0 rings (SSSR count). The van der Waals surface area contributed by atoms with E-state index in [9.17, 15) is 8.42 Å². The molecule has 0 bridgehead atoms. The standard InChI is InChI=1S/C6H11ClO2S/c1-3-4-6(2)5-10(7,8)9/h3,6H,1,4-5H2,2H3/t6-/m0/s1. The van der Waals surface area contributed by atoms with Crippen molar-refractivity contribution in [2.24, 2.45) is 5.92 Å². The van der Waals surface area contributed by atoms with E-state index in [2.05, 4.69) is 6.58 Å². The predicted molar refractivity (Wildman–Crippen MR) is 43.6 cm³/mol. The summed E-state index contributed by atoms with van der Waals surface area (Å²) in [4.78, 5) is 0. The summed E-state index contributed by atoms with van der Waals surface area (Å²) in [5, 5.41) is 0. The van der Waals surface area contributed by atoms with E-state index in [4.69, 9.17) is 10.7 Å². The molecule has 4 heteroatoms. The van der Waals surface area contributed by atoms with Crippen LogP contribution in [0.25, 0.3) is 0 Å². The van der Waals surface area contributed by atoms with Crippen molar-refractivity contribution in [2.75, 3.05) is 5.75 Å². The van der Waals surface area contributed by atoms with Crippen LogP contribution in [0.2, 0.25) is 0 Å². The summed E-state index contributed by atoms with van der Waals surface area (Å²) in [5.41, 5.74) is 0. The van der Waals surface area contributed by atoms with Crippen molar-refractivity contribution in [3.63, 3.8) is 0 Å². The van der Waals surface area contributed by atoms with Gasteiger partial charge in [0.25, 0.3) is 0 Å². The molecule has 0 heterocycles. The molecule has 10 heavy (non-hydrogen) atoms. The normalized spacial score (nSPS) is 14.6. The lowest BCUT2D eigenvalue weighted by Gasteiger charge is -2.03. The second-order valence-corrected chi connectivity index (χ2v) is 5.16. The van der Waals surface area contributed by atoms with Crippen molar-refractivity contribution in [2.45, 2.75) is 13.3 Å². The maximum Gasteiger partial charge on any atom is 0.232 e. The maximum absolute atomic E-state index is 10.4. The molecule has 0 aromatic heterocycles. The monoisotopic (exact) mass is 182 g/mol. The van der Waals surface area contributed by atoms with Crippen LogP contribution in [-0.4, -0.2) is 14.2 Å². The zero-order valence-electron chi connectivity index (χ0n) is 5.88. The fourth-order valence-corrected chi connectivity index (χ4v) is 2.15. The van der Waals surface area contributed by atoms with Gasteiger partial charge in [0.05, 0.1) is 5.75 Å². The van der Waals surface area contributed by atoms with E-state index < -0.39 is 9.05 Å². The number of rotatable bonds is 4. The molecule has 2 nitrogen and oxygen atoms in total. The predicted octanol–water partition coefficient (Wildman–Crippen LogP) is 1.77. The molecule has 0 amide bonds. The largest absolute Gasteiger partial charge is 0.232 e. The summed E-state index contributed by atoms with van der Waals surface area (Å²) in [5.74, 6) is 0.0978. The molecule has 0 aliphatic heterocycles. The van der Waals surface area contributed by atoms with Gasteiger partial charge in [-0.3, -0.25) is 0 Å². The second kappa shape index (κ2) is 3.98. The van der Waals surface area contributed by atoms with Crippen molar-refractivity contribution in [3.05, 3.63) is 12.7 Å². The average molecular weight is 183 g/mol. The minimum Gasteiger partial charge on any atom is -0.212 e. The highest BCUT2D eigenvalue weighted by molar-refractivity contribution is 8.13. The Balaban J connectivity index is 3.80. The van der Waals surface area contributed by atoms with E-state index in [1.165, 1.54) is 0 Å². The van der Waals surface area contributed by atoms with Gasteiger partial charge in [-0.15, -0.1) is 6.58 Å². The van der Waals surface area contributed by atoms with Crippen molar-refractivity contribution in [1.29, 1.82) is 0 Å². The van der Waals surface area contributed by atoms with Crippen LogP contribution in [0.1, 0.15) is 13.3 Å². The molecule has 0 fully saturated rings. The first-order valence-corrected chi connectivity index (χ1v) is 5.47. The molecule has 0 aliphatic rings. The Morgan fingerprint density at radius 1 is 1.70 bits per heavy atom. The summed E-state index contributed by atoms with van der Waals surface area (Å²) >= 11 is 0. The lowest BCUT2D eigenvalue weighted by molar-refractivity contribution is 0.586. The third kappa shape index (κ3) is 6.11. The number of halogens is 1. The summed E-state index contributed by atoms with van der Waals surface area (Å²) in [6.07, 6.45) is 2.37. The fourth-order valence-electron chi connectivity index (χ4n) is 0.692. The van der Waals surface area contributed by atoms with Gasteiger partial charge in [-0.25, -0.2) is 8.42 Å². The van der Waals surface area contributed by atoms with Crippen LogP contribution in [0.4, 0.5) is 0 Å². The lowest BCUT2D eigenvalue weighted by atomic mass is 10.1. The van der Waals surface area contributed by atoms with Gasteiger partial charge >= 0.3 is 0 Å². The molecular weight excluding hydrogens is 172 g/mol. The van der Waals surface area contributed by atoms with Crippen LogP contribution < -0.4 is 0 Å². The Hall–Kier alpha value is -0.0200. The van der Waals surface area contributed by atoms with E-state index in [1.807, 2.05) is 6.92 Å². The van der Waals surface area contributed by atoms with Crippen LogP contribution in [0.5, 0.6) is 0 Å². The molecule has 0 spiro atoms. The van der Waals surface area contributed by atoms with Gasteiger partial charge in [0, 0.05) is 10.7 Å². The minimum absolute atomic E-state index is 0.0283. The molecule has 0 saturated heterocycles. The molecule has 0 aromatic carbocycles. The van der Waals surface area contributed by atoms with Gasteiger partial charge in [-0.05, 0) is 12.3 Å². The molecule has 0 unspecified atom stereocenters. The topological polar surface area (TPSA) is 34.1 Å². The molecule has 60 valence electrons. The van der Waals surface area contributed by atoms with Crippen LogP contribution in [0.15, 0.2) is 12.7 Å². The number of allylic oxidation sites excluding steroid dienone is 1. The molecule has 1 atom stereocenters. The van der Waals surface area contributed by atoms with Crippen molar-refractivity contribution < 1.29 is 8.42 Å². The second-order valence-electron chi connectivity index (χ2n) is 2.34. The molecule has 0 radical (unpaired) electrons. The Bertz CT molecular complexity index is 196. The highest BCUT2D eigenvalue weighted by atomic mass is 35.7. The molecule has 0 saturated carbocycles. The van der Waals surface area contributed by atoms with E-state index in [0.717, 1.165) is 0 Å². The van der Waals surface area contributed by atoms with Crippen LogP contribution in [-0.2, 0) is 9.05 Å². The van der Waals surface area contributed by atoms with Crippen molar-refractivity contribution in [3.8, 4) is 0 Å². The van der Waals surface area contributed by atoms with Gasteiger partial charge in [0.15, 0.2) is 0 Å². The summed E-state index contributed by atoms with van der Waals surface area (Å²) in [6, 6.07) is 0. The number of hydrogen-bond acceptors (Lipinski definition) is 2. The van der Waals surface area contributed by atoms with Gasteiger partial charge < -0.3 is 0 Å². The van der Waals surface area contributed by atoms with Gasteiger partial charge in [-0.2, -0.15) is 0 Å². The summed E-state index contributed by atoms with van der Waals surface area (Å²) in [7, 11) is 1.68. The Kier molecular flexibility index (Phi) is 3.98. The van der Waals surface area contributed by atoms with E-state index in [1.54, 1.807) is 6.08 Å². The molecule has 0 aliphatic carbocycles. The first-order valence-electron chi connectivity index (χ1n) is 2.99. The number of hydrogen-bond donors (Lipinski definition) is 0. The van der Waals surface area contributed by atoms with Gasteiger partial charge in [0.1, 0.15) is 0 Å². The molecular formula is C6H11ClO2S. The van der Waals surface area contributed by atoms with E-state index in [0.29, 0.717) is 6.42 Å². The van der Waals surface area contributed by atoms with Crippen molar-refractivity contribution >= 4 is 19.7 Å². The Morgan fingerprint density at radius 2 is 2.20 bits per heavy atom. The highest BCUT2D eigenvalue weighted by Crippen LogP contribution is 2.08. The Labute approximate surface area is 66.3 Å². The maximum atomic E-state index is 10.4. The zero-order chi connectivity index (χ0) is 8.20.